The van der Waals surface area contributed by atoms with Crippen LogP contribution >= 0.6 is 68.4 Å². The second kappa shape index (κ2) is 11.7. The molecule has 29 heavy (non-hydrogen) atoms. The third-order valence-corrected chi connectivity index (χ3v) is 7.36. The maximum atomic E-state index is 12.2. The van der Waals surface area contributed by atoms with Crippen molar-refractivity contribution in [2.45, 2.75) is 42.8 Å². The van der Waals surface area contributed by atoms with Gasteiger partial charge >= 0.3 is 0 Å². The summed E-state index contributed by atoms with van der Waals surface area (Å²) in [7, 11) is 0. The van der Waals surface area contributed by atoms with Crippen LogP contribution < -0.4 is 20.7 Å². The zero-order valence-corrected chi connectivity index (χ0v) is 21.3. The highest BCUT2D eigenvalue weighted by atomic mass is 79.9. The lowest BCUT2D eigenvalue weighted by Crippen LogP contribution is -2.57. The van der Waals surface area contributed by atoms with Crippen molar-refractivity contribution in [3.8, 4) is 5.75 Å². The number of carbonyl (C=O) groups excluding carboxylic acids is 1. The van der Waals surface area contributed by atoms with Crippen LogP contribution in [-0.4, -0.2) is 42.9 Å². The predicted octanol–water partition coefficient (Wildman–Crippen LogP) is 4.33. The average molecular weight is 590 g/mol. The van der Waals surface area contributed by atoms with Crippen LogP contribution in [0.3, 0.4) is 0 Å². The molecule has 3 N–H and O–H groups in total. The Kier molecular flexibility index (Phi) is 10.3. The highest BCUT2D eigenvalue weighted by Crippen LogP contribution is 2.40. The molecule has 0 bridgehead atoms. The van der Waals surface area contributed by atoms with E-state index in [2.05, 4.69) is 60.0 Å². The van der Waals surface area contributed by atoms with Gasteiger partial charge in [-0.15, -0.1) is 36.6 Å². The molecule has 3 aliphatic rings. The number of thioether (sulfide) groups is 1. The normalized spacial score (nSPS) is 27.3. The van der Waals surface area contributed by atoms with Gasteiger partial charge in [0.05, 0.1) is 22.5 Å². The van der Waals surface area contributed by atoms with Crippen LogP contribution in [0.15, 0.2) is 32.6 Å². The van der Waals surface area contributed by atoms with Gasteiger partial charge in [-0.3, -0.25) is 10.1 Å². The molecule has 0 aliphatic carbocycles. The Balaban J connectivity index is 0.00000150. The summed E-state index contributed by atoms with van der Waals surface area (Å²) >= 11 is 8.79. The van der Waals surface area contributed by atoms with E-state index < -0.39 is 0 Å². The number of Topliss-reactive ketones (excluding diaryl/α,β-unsaturated/α-hetero) is 1. The largest absolute Gasteiger partial charge is 0.492 e. The SMILES string of the molecule is Cl.Cl.O=C1CC(NCCCN[C@@H]2CCOc3c(Br)cc(Br)cc32)NC2C=CSC12. The number of hydrogen-bond donors (Lipinski definition) is 3. The molecular weight excluding hydrogens is 565 g/mol. The Hall–Kier alpha value is 0.200. The smallest absolute Gasteiger partial charge is 0.150 e. The second-order valence-electron chi connectivity index (χ2n) is 7.06. The summed E-state index contributed by atoms with van der Waals surface area (Å²) in [5.41, 5.74) is 1.20. The Morgan fingerprint density at radius 3 is 2.83 bits per heavy atom. The van der Waals surface area contributed by atoms with Gasteiger partial charge in [0.25, 0.3) is 0 Å². The molecule has 5 nitrogen and oxygen atoms in total. The molecule has 0 spiro atoms. The van der Waals surface area contributed by atoms with Gasteiger partial charge in [-0.25, -0.2) is 0 Å². The number of carbonyl (C=O) groups is 1. The lowest BCUT2D eigenvalue weighted by atomic mass is 10.0. The van der Waals surface area contributed by atoms with E-state index in [-0.39, 0.29) is 42.3 Å². The van der Waals surface area contributed by atoms with Crippen LogP contribution in [0.2, 0.25) is 0 Å². The number of ketones is 1. The maximum absolute atomic E-state index is 12.2. The van der Waals surface area contributed by atoms with Crippen molar-refractivity contribution in [2.75, 3.05) is 19.7 Å². The van der Waals surface area contributed by atoms with E-state index in [9.17, 15) is 4.79 Å². The van der Waals surface area contributed by atoms with E-state index in [0.29, 0.717) is 18.2 Å². The minimum absolute atomic E-state index is 0. The van der Waals surface area contributed by atoms with E-state index in [1.807, 2.05) is 11.5 Å². The molecule has 1 fully saturated rings. The summed E-state index contributed by atoms with van der Waals surface area (Å²) in [5, 5.41) is 12.8. The van der Waals surface area contributed by atoms with E-state index in [1.165, 1.54) is 5.56 Å². The highest BCUT2D eigenvalue weighted by molar-refractivity contribution is 9.11. The Bertz CT molecular complexity index is 756. The van der Waals surface area contributed by atoms with Gasteiger partial charge in [0.1, 0.15) is 5.75 Å². The van der Waals surface area contributed by atoms with Crippen molar-refractivity contribution < 1.29 is 9.53 Å². The quantitative estimate of drug-likeness (QED) is 0.429. The second-order valence-corrected chi connectivity index (χ2v) is 9.88. The predicted molar refractivity (Wildman–Crippen MR) is 131 cm³/mol. The van der Waals surface area contributed by atoms with Crippen molar-refractivity contribution in [3.63, 3.8) is 0 Å². The summed E-state index contributed by atoms with van der Waals surface area (Å²) in [6.07, 6.45) is 4.72. The number of hydrogen-bond acceptors (Lipinski definition) is 6. The minimum atomic E-state index is 0. The first-order valence-corrected chi connectivity index (χ1v) is 11.8. The van der Waals surface area contributed by atoms with Crippen LogP contribution in [0.5, 0.6) is 5.75 Å². The zero-order chi connectivity index (χ0) is 18.8. The standard InChI is InChI=1S/C19H23Br2N3O2S.2ClH/c20-11-8-12-14(2-6-26-18(12)13(21)9-11)22-4-1-5-23-17-10-16(25)19-15(24-17)3-7-27-19;;/h3,7-9,14-15,17,19,22-24H,1-2,4-6,10H2;2*1H/t14-,15?,17?,19?;;/m1../s1. The first-order valence-electron chi connectivity index (χ1n) is 9.31. The summed E-state index contributed by atoms with van der Waals surface area (Å²) in [6, 6.07) is 4.64. The van der Waals surface area contributed by atoms with Crippen molar-refractivity contribution in [2.24, 2.45) is 0 Å². The highest BCUT2D eigenvalue weighted by Gasteiger charge is 2.37. The number of nitrogens with one attached hydrogen (secondary N) is 3. The van der Waals surface area contributed by atoms with Gasteiger partial charge < -0.3 is 15.4 Å². The Labute approximate surface area is 205 Å². The molecule has 3 heterocycles. The molecule has 0 saturated carbocycles. The van der Waals surface area contributed by atoms with Crippen molar-refractivity contribution in [1.82, 2.24) is 16.0 Å². The van der Waals surface area contributed by atoms with E-state index >= 15 is 0 Å². The topological polar surface area (TPSA) is 62.4 Å². The number of piperidine rings is 1. The lowest BCUT2D eigenvalue weighted by Gasteiger charge is -2.32. The van der Waals surface area contributed by atoms with Crippen LogP contribution in [-0.2, 0) is 4.79 Å². The van der Waals surface area contributed by atoms with Crippen LogP contribution in [0, 0.1) is 0 Å². The van der Waals surface area contributed by atoms with Crippen LogP contribution in [0.4, 0.5) is 0 Å². The number of fused-ring (bicyclic) bond motifs is 2. The molecule has 162 valence electrons. The molecular formula is C19H25Br2Cl2N3O2S. The van der Waals surface area contributed by atoms with Gasteiger partial charge in [-0.1, -0.05) is 22.0 Å². The van der Waals surface area contributed by atoms with Gasteiger partial charge in [-0.05, 0) is 53.0 Å². The molecule has 4 rings (SSSR count). The molecule has 0 radical (unpaired) electrons. The number of rotatable bonds is 6. The zero-order valence-electron chi connectivity index (χ0n) is 15.7. The maximum Gasteiger partial charge on any atom is 0.150 e. The minimum Gasteiger partial charge on any atom is -0.492 e. The van der Waals surface area contributed by atoms with Gasteiger partial charge in [0.15, 0.2) is 5.78 Å². The summed E-state index contributed by atoms with van der Waals surface area (Å²) < 4.78 is 7.87. The monoisotopic (exact) mass is 587 g/mol. The summed E-state index contributed by atoms with van der Waals surface area (Å²) in [4.78, 5) is 12.2. The Morgan fingerprint density at radius 2 is 2.00 bits per heavy atom. The fraction of sp³-hybridized carbons (Fsp3) is 0.526. The first-order chi connectivity index (χ1) is 13.1. The molecule has 0 amide bonds. The number of ether oxygens (including phenoxy) is 1. The molecule has 0 aromatic heterocycles. The third-order valence-electron chi connectivity index (χ3n) is 5.15. The number of benzene rings is 1. The molecule has 3 aliphatic heterocycles. The van der Waals surface area contributed by atoms with E-state index in [4.69, 9.17) is 4.74 Å². The van der Waals surface area contributed by atoms with Crippen LogP contribution in [0.1, 0.15) is 30.9 Å². The fourth-order valence-corrected chi connectivity index (χ4v) is 6.23. The molecule has 4 atom stereocenters. The molecule has 1 saturated heterocycles. The van der Waals surface area contributed by atoms with E-state index in [1.54, 1.807) is 11.8 Å². The fourth-order valence-electron chi connectivity index (χ4n) is 3.84. The molecule has 10 heteroatoms. The first kappa shape index (κ1) is 25.5. The third kappa shape index (κ3) is 6.13. The van der Waals surface area contributed by atoms with Crippen molar-refractivity contribution in [3.05, 3.63) is 38.1 Å². The number of halogens is 4. The van der Waals surface area contributed by atoms with Gasteiger partial charge in [-0.2, -0.15) is 0 Å². The van der Waals surface area contributed by atoms with Gasteiger partial charge in [0.2, 0.25) is 0 Å². The van der Waals surface area contributed by atoms with Crippen molar-refractivity contribution in [1.29, 1.82) is 0 Å². The summed E-state index contributed by atoms with van der Waals surface area (Å²) in [6.45, 7) is 2.53. The van der Waals surface area contributed by atoms with Gasteiger partial charge in [0, 0.05) is 35.0 Å². The molecule has 1 aromatic carbocycles. The lowest BCUT2D eigenvalue weighted by molar-refractivity contribution is -0.120. The molecule has 3 unspecified atom stereocenters. The van der Waals surface area contributed by atoms with Crippen LogP contribution in [0.25, 0.3) is 0 Å². The average Bonchev–Trinajstić information content (AvgIpc) is 3.11. The van der Waals surface area contributed by atoms with E-state index in [0.717, 1.165) is 47.2 Å². The van der Waals surface area contributed by atoms with Crippen molar-refractivity contribution >= 4 is 74.2 Å². The molecule has 1 aromatic rings. The summed E-state index contributed by atoms with van der Waals surface area (Å²) in [5.74, 6) is 1.29. The Morgan fingerprint density at radius 1 is 1.21 bits per heavy atom.